The van der Waals surface area contributed by atoms with Gasteiger partial charge in [-0.25, -0.2) is 9.97 Å². The first-order valence-electron chi connectivity index (χ1n) is 22.0. The molecule has 0 spiro atoms. The van der Waals surface area contributed by atoms with Crippen molar-refractivity contribution in [1.29, 1.82) is 0 Å². The fraction of sp³-hybridized carbons (Fsp3) is 0. The quantitative estimate of drug-likeness (QED) is 0.196. The molecule has 0 N–H and O–H groups in total. The van der Waals surface area contributed by atoms with Crippen molar-refractivity contribution in [2.45, 2.75) is 0 Å². The summed E-state index contributed by atoms with van der Waals surface area (Å²) < 4.78 is 155. The average molecular weight is 628 g/mol. The van der Waals surface area contributed by atoms with Gasteiger partial charge in [-0.15, -0.1) is 22.7 Å². The lowest BCUT2D eigenvalue weighted by Gasteiger charge is -2.07. The summed E-state index contributed by atoms with van der Waals surface area (Å²) in [5.41, 5.74) is 0.551. The molecule has 0 radical (unpaired) electrons. The fourth-order valence-electron chi connectivity index (χ4n) is 5.60. The Labute approximate surface area is 289 Å². The Morgan fingerprint density at radius 1 is 0.556 bits per heavy atom. The van der Waals surface area contributed by atoms with Gasteiger partial charge in [0.05, 0.1) is 23.3 Å². The molecule has 6 aromatic carbocycles. The van der Waals surface area contributed by atoms with Gasteiger partial charge in [-0.1, -0.05) is 96.7 Å². The third kappa shape index (κ3) is 3.75. The van der Waals surface area contributed by atoms with E-state index < -0.39 is 60.4 Å². The SMILES string of the molecule is [2H]c1cc(-c2c([2H])c([2H])c([2H])c(-c3ncnc4c3oc3ccc(-c5c([2H])c([2H])c([2H])c6c5sc5c([2H])c([2H])c([2H])c([2H])c56)cc34)c2[2H])c2sc3c([2H])c([2H])c([2H])c([2H])c3c2c1[2H]. The van der Waals surface area contributed by atoms with Crippen LogP contribution in [0.15, 0.2) is 138 Å². The van der Waals surface area contributed by atoms with Crippen LogP contribution in [0.3, 0.4) is 0 Å². The lowest BCUT2D eigenvalue weighted by molar-refractivity contribution is 0.667. The lowest BCUT2D eigenvalue weighted by atomic mass is 9.99. The minimum absolute atomic E-state index is 0.00693. The Hall–Kier alpha value is -5.36. The minimum atomic E-state index is -0.600. The molecular weight excluding hydrogens is 589 g/mol. The van der Waals surface area contributed by atoms with E-state index in [-0.39, 0.29) is 123 Å². The Kier molecular flexibility index (Phi) is 2.92. The number of aromatic nitrogens is 2. The third-order valence-corrected chi connectivity index (χ3v) is 9.86. The highest BCUT2D eigenvalue weighted by Gasteiger charge is 2.18. The molecule has 0 amide bonds. The molecule has 0 atom stereocenters. The number of thiophene rings is 2. The minimum Gasteiger partial charge on any atom is -0.452 e. The summed E-state index contributed by atoms with van der Waals surface area (Å²) in [5, 5.41) is 0.620. The molecule has 0 aliphatic rings. The summed E-state index contributed by atoms with van der Waals surface area (Å²) in [7, 11) is 0. The van der Waals surface area contributed by atoms with Crippen molar-refractivity contribution in [3.63, 3.8) is 0 Å². The van der Waals surface area contributed by atoms with Crippen molar-refractivity contribution in [2.24, 2.45) is 0 Å². The molecule has 5 heteroatoms. The van der Waals surface area contributed by atoms with Gasteiger partial charge in [-0.2, -0.15) is 0 Å². The molecule has 0 unspecified atom stereocenters. The second kappa shape index (κ2) is 9.57. The second-order valence-electron chi connectivity index (χ2n) is 10.1. The normalized spacial score (nSPS) is 17.3. The highest BCUT2D eigenvalue weighted by molar-refractivity contribution is 7.26. The van der Waals surface area contributed by atoms with E-state index in [0.717, 1.165) is 22.7 Å². The van der Waals surface area contributed by atoms with Crippen LogP contribution < -0.4 is 0 Å². The number of furan rings is 1. The van der Waals surface area contributed by atoms with Crippen LogP contribution in [0.2, 0.25) is 0 Å². The van der Waals surface area contributed by atoms with Gasteiger partial charge in [-0.3, -0.25) is 0 Å². The van der Waals surface area contributed by atoms with E-state index in [0.29, 0.717) is 15.6 Å². The highest BCUT2D eigenvalue weighted by atomic mass is 32.1. The maximum Gasteiger partial charge on any atom is 0.180 e. The molecule has 4 heterocycles. The average Bonchev–Trinajstić information content (AvgIpc) is 3.97. The number of fused-ring (bicyclic) bond motifs is 9. The Bertz CT molecular complexity index is 3750. The fourth-order valence-corrected chi connectivity index (χ4v) is 7.77. The predicted octanol–water partition coefficient (Wildman–Crippen LogP) is 12.1. The third-order valence-electron chi connectivity index (χ3n) is 7.60. The van der Waals surface area contributed by atoms with E-state index >= 15 is 0 Å². The molecule has 0 saturated carbocycles. The lowest BCUT2D eigenvalue weighted by Crippen LogP contribution is -1.88. The van der Waals surface area contributed by atoms with Crippen molar-refractivity contribution < 1.29 is 27.7 Å². The van der Waals surface area contributed by atoms with Gasteiger partial charge in [0, 0.05) is 51.3 Å². The molecule has 0 saturated heterocycles. The number of nitrogens with zero attached hydrogens (tertiary/aromatic N) is 2. The molecule has 0 aliphatic heterocycles. The molecule has 0 aliphatic carbocycles. The smallest absolute Gasteiger partial charge is 0.180 e. The maximum atomic E-state index is 9.52. The second-order valence-corrected chi connectivity index (χ2v) is 12.1. The molecule has 210 valence electrons. The highest BCUT2D eigenvalue weighted by Crippen LogP contribution is 2.43. The molecule has 4 aromatic heterocycles. The number of hydrogen-bond donors (Lipinski definition) is 0. The van der Waals surface area contributed by atoms with E-state index in [2.05, 4.69) is 9.97 Å². The first-order chi connectivity index (χ1) is 29.4. The Balaban J connectivity index is 1.22. The van der Waals surface area contributed by atoms with Crippen LogP contribution in [-0.4, -0.2) is 9.97 Å². The number of rotatable bonds is 3. The van der Waals surface area contributed by atoms with Crippen LogP contribution >= 0.6 is 22.7 Å². The standard InChI is InChI=1S/C40H22N2OS2/c1-3-16-34-28(10-1)30-14-6-12-26(39(30)44-34)23-8-5-9-25(20-23)36-38-37(42-22-41-36)32-21-24(18-19-33(32)43-38)27-13-7-15-31-29-11-2-4-17-35(29)45-40(27)31/h1-22H/i1D,2D,3D,4D,5D,6D,7D,8D,9D,10D,11D,13D,14D,15D,16D,17D,20D. The van der Waals surface area contributed by atoms with Gasteiger partial charge >= 0.3 is 0 Å². The predicted molar refractivity (Wildman–Crippen MR) is 191 cm³/mol. The first-order valence-corrected chi connectivity index (χ1v) is 15.1. The van der Waals surface area contributed by atoms with Crippen molar-refractivity contribution in [3.05, 3.63) is 133 Å². The van der Waals surface area contributed by atoms with E-state index in [4.69, 9.17) is 26.3 Å². The van der Waals surface area contributed by atoms with Gasteiger partial charge in [0.25, 0.3) is 0 Å². The molecule has 10 aromatic rings. The van der Waals surface area contributed by atoms with Crippen LogP contribution in [0.4, 0.5) is 0 Å². The molecule has 3 nitrogen and oxygen atoms in total. The Morgan fingerprint density at radius 2 is 1.24 bits per heavy atom. The molecule has 0 bridgehead atoms. The summed E-state index contributed by atoms with van der Waals surface area (Å²) in [6, 6.07) is -1.28. The molecule has 45 heavy (non-hydrogen) atoms. The summed E-state index contributed by atoms with van der Waals surface area (Å²) in [5.74, 6) is 0. The maximum absolute atomic E-state index is 9.52. The van der Waals surface area contributed by atoms with Crippen LogP contribution in [0.1, 0.15) is 23.3 Å². The van der Waals surface area contributed by atoms with Gasteiger partial charge in [0.15, 0.2) is 5.58 Å². The van der Waals surface area contributed by atoms with Gasteiger partial charge in [-0.05, 0) is 52.5 Å². The van der Waals surface area contributed by atoms with Crippen LogP contribution in [-0.2, 0) is 0 Å². The van der Waals surface area contributed by atoms with E-state index in [9.17, 15) is 1.37 Å². The summed E-state index contributed by atoms with van der Waals surface area (Å²) >= 11 is 1.90. The van der Waals surface area contributed by atoms with Gasteiger partial charge in [0.2, 0.25) is 0 Å². The Morgan fingerprint density at radius 3 is 2.07 bits per heavy atom. The zero-order valence-electron chi connectivity index (χ0n) is 39.5. The van der Waals surface area contributed by atoms with Crippen molar-refractivity contribution in [3.8, 4) is 33.5 Å². The topological polar surface area (TPSA) is 38.9 Å². The zero-order valence-corrected chi connectivity index (χ0v) is 24.1. The monoisotopic (exact) mass is 627 g/mol. The van der Waals surface area contributed by atoms with E-state index in [1.165, 1.54) is 12.4 Å². The van der Waals surface area contributed by atoms with Crippen molar-refractivity contribution in [2.75, 3.05) is 0 Å². The van der Waals surface area contributed by atoms with Crippen molar-refractivity contribution in [1.82, 2.24) is 9.97 Å². The van der Waals surface area contributed by atoms with E-state index in [1.807, 2.05) is 0 Å². The summed E-state index contributed by atoms with van der Waals surface area (Å²) in [6.45, 7) is 0. The zero-order chi connectivity index (χ0) is 44.3. The van der Waals surface area contributed by atoms with Crippen LogP contribution in [0.25, 0.3) is 95.9 Å². The van der Waals surface area contributed by atoms with Crippen LogP contribution in [0.5, 0.6) is 0 Å². The van der Waals surface area contributed by atoms with E-state index in [1.54, 1.807) is 18.2 Å². The first kappa shape index (κ1) is 13.7. The summed E-state index contributed by atoms with van der Waals surface area (Å²) in [6.07, 6.45) is 1.17. The number of hydrogen-bond acceptors (Lipinski definition) is 5. The number of benzene rings is 6. The van der Waals surface area contributed by atoms with Crippen molar-refractivity contribution >= 4 is 85.1 Å². The summed E-state index contributed by atoms with van der Waals surface area (Å²) in [4.78, 5) is 8.85. The van der Waals surface area contributed by atoms with Gasteiger partial charge in [0.1, 0.15) is 23.1 Å². The molecule has 10 rings (SSSR count). The largest absolute Gasteiger partial charge is 0.452 e. The molecule has 0 fully saturated rings. The van der Waals surface area contributed by atoms with Gasteiger partial charge < -0.3 is 4.42 Å². The van der Waals surface area contributed by atoms with Crippen LogP contribution in [0, 0.1) is 0 Å². The molecular formula is C40H22N2OS2.